The molecule has 3 rings (SSSR count). The number of rotatable bonds is 2. The lowest BCUT2D eigenvalue weighted by atomic mass is 9.85. The Labute approximate surface area is 124 Å². The van der Waals surface area contributed by atoms with Crippen LogP contribution in [0.2, 0.25) is 0 Å². The highest BCUT2D eigenvalue weighted by molar-refractivity contribution is 6.61. The van der Waals surface area contributed by atoms with Crippen LogP contribution in [-0.2, 0) is 9.31 Å². The molecule has 0 unspecified atom stereocenters. The molecule has 21 heavy (non-hydrogen) atoms. The molecule has 2 aromatic heterocycles. The quantitative estimate of drug-likeness (QED) is 0.773. The summed E-state index contributed by atoms with van der Waals surface area (Å²) >= 11 is 0. The van der Waals surface area contributed by atoms with Gasteiger partial charge in [-0.1, -0.05) is 0 Å². The van der Waals surface area contributed by atoms with E-state index in [1.165, 1.54) is 0 Å². The summed E-state index contributed by atoms with van der Waals surface area (Å²) in [6.07, 6.45) is 8.21. The molecule has 0 bridgehead atoms. The third-order valence-corrected chi connectivity index (χ3v) is 3.99. The zero-order valence-electron chi connectivity index (χ0n) is 12.6. The standard InChI is InChI=1S/C14H17BN4O2/c1-13(2)14(3,4)21-15(20-13)12-9-18-11(8-19-12)10-7-16-5-6-17-10/h5-9H,1-4H3. The minimum absolute atomic E-state index is 0.386. The lowest BCUT2D eigenvalue weighted by Gasteiger charge is -2.32. The molecule has 1 aliphatic rings. The van der Waals surface area contributed by atoms with E-state index in [1.54, 1.807) is 31.0 Å². The van der Waals surface area contributed by atoms with Gasteiger partial charge in [0.15, 0.2) is 0 Å². The van der Waals surface area contributed by atoms with Gasteiger partial charge in [0.1, 0.15) is 11.4 Å². The van der Waals surface area contributed by atoms with E-state index in [0.29, 0.717) is 17.0 Å². The Bertz CT molecular complexity index is 615. The second-order valence-electron chi connectivity index (χ2n) is 6.01. The van der Waals surface area contributed by atoms with Crippen molar-refractivity contribution in [1.29, 1.82) is 0 Å². The van der Waals surface area contributed by atoms with Gasteiger partial charge in [0.2, 0.25) is 0 Å². The van der Waals surface area contributed by atoms with E-state index >= 15 is 0 Å². The smallest absolute Gasteiger partial charge is 0.398 e. The van der Waals surface area contributed by atoms with E-state index in [-0.39, 0.29) is 11.2 Å². The van der Waals surface area contributed by atoms with Gasteiger partial charge < -0.3 is 9.31 Å². The molecule has 2 aromatic rings. The molecule has 0 radical (unpaired) electrons. The first-order valence-electron chi connectivity index (χ1n) is 6.83. The summed E-state index contributed by atoms with van der Waals surface area (Å²) in [5, 5.41) is 0. The zero-order valence-corrected chi connectivity index (χ0v) is 12.6. The maximum atomic E-state index is 5.94. The van der Waals surface area contributed by atoms with Crippen molar-refractivity contribution >= 4 is 12.7 Å². The molecule has 0 aromatic carbocycles. The summed E-state index contributed by atoms with van der Waals surface area (Å²) in [4.78, 5) is 17.0. The highest BCUT2D eigenvalue weighted by Gasteiger charge is 2.52. The molecule has 0 N–H and O–H groups in total. The first-order chi connectivity index (χ1) is 9.89. The van der Waals surface area contributed by atoms with Gasteiger partial charge in [0.25, 0.3) is 0 Å². The Morgan fingerprint density at radius 1 is 0.810 bits per heavy atom. The molecule has 0 aliphatic carbocycles. The minimum atomic E-state index is -0.501. The Kier molecular flexibility index (Phi) is 3.26. The minimum Gasteiger partial charge on any atom is -0.398 e. The fraction of sp³-hybridized carbons (Fsp3) is 0.429. The summed E-state index contributed by atoms with van der Waals surface area (Å²) < 4.78 is 11.9. The number of hydrogen-bond acceptors (Lipinski definition) is 6. The third-order valence-electron chi connectivity index (χ3n) is 3.99. The summed E-state index contributed by atoms with van der Waals surface area (Å²) in [5.41, 5.74) is 1.24. The number of nitrogens with zero attached hydrogens (tertiary/aromatic N) is 4. The Balaban J connectivity index is 1.83. The predicted octanol–water partition coefficient (Wildman–Crippen LogP) is 1.23. The van der Waals surface area contributed by atoms with Gasteiger partial charge in [-0.05, 0) is 27.7 Å². The van der Waals surface area contributed by atoms with Crippen LogP contribution in [0.1, 0.15) is 27.7 Å². The van der Waals surface area contributed by atoms with Gasteiger partial charge in [-0.2, -0.15) is 0 Å². The van der Waals surface area contributed by atoms with Crippen molar-refractivity contribution in [3.63, 3.8) is 0 Å². The van der Waals surface area contributed by atoms with E-state index in [0.717, 1.165) is 0 Å². The average Bonchev–Trinajstić information content (AvgIpc) is 2.69. The molecule has 6 nitrogen and oxygen atoms in total. The van der Waals surface area contributed by atoms with E-state index < -0.39 is 7.12 Å². The molecule has 0 amide bonds. The molecule has 1 aliphatic heterocycles. The molecule has 0 spiro atoms. The monoisotopic (exact) mass is 284 g/mol. The van der Waals surface area contributed by atoms with Crippen LogP contribution in [0.5, 0.6) is 0 Å². The molecule has 0 saturated carbocycles. The largest absolute Gasteiger partial charge is 0.516 e. The van der Waals surface area contributed by atoms with Crippen LogP contribution >= 0.6 is 0 Å². The van der Waals surface area contributed by atoms with Crippen molar-refractivity contribution in [1.82, 2.24) is 19.9 Å². The van der Waals surface area contributed by atoms with Crippen LogP contribution in [-0.4, -0.2) is 38.3 Å². The fourth-order valence-electron chi connectivity index (χ4n) is 1.99. The molecule has 108 valence electrons. The maximum absolute atomic E-state index is 5.94. The highest BCUT2D eigenvalue weighted by Crippen LogP contribution is 2.36. The normalized spacial score (nSPS) is 19.7. The second-order valence-corrected chi connectivity index (χ2v) is 6.01. The summed E-state index contributed by atoms with van der Waals surface area (Å²) in [5.74, 6) is 0. The first kappa shape index (κ1) is 14.1. The lowest BCUT2D eigenvalue weighted by Crippen LogP contribution is -2.41. The van der Waals surface area contributed by atoms with E-state index in [4.69, 9.17) is 9.31 Å². The average molecular weight is 284 g/mol. The molecular weight excluding hydrogens is 267 g/mol. The van der Waals surface area contributed by atoms with E-state index in [9.17, 15) is 0 Å². The lowest BCUT2D eigenvalue weighted by molar-refractivity contribution is 0.00578. The predicted molar refractivity (Wildman–Crippen MR) is 78.8 cm³/mol. The van der Waals surface area contributed by atoms with Gasteiger partial charge >= 0.3 is 7.12 Å². The topological polar surface area (TPSA) is 70.0 Å². The molecule has 3 heterocycles. The second kappa shape index (κ2) is 4.86. The molecule has 0 atom stereocenters. The van der Waals surface area contributed by atoms with Gasteiger partial charge in [-0.15, -0.1) is 0 Å². The Morgan fingerprint density at radius 2 is 1.48 bits per heavy atom. The Morgan fingerprint density at radius 3 is 2.00 bits per heavy atom. The van der Waals surface area contributed by atoms with Crippen LogP contribution in [0.25, 0.3) is 11.4 Å². The SMILES string of the molecule is CC1(C)OB(c2cnc(-c3cnccn3)cn2)OC1(C)C. The van der Waals surface area contributed by atoms with Gasteiger partial charge in [-0.25, -0.2) is 0 Å². The van der Waals surface area contributed by atoms with Crippen LogP contribution in [0, 0.1) is 0 Å². The molecular formula is C14H17BN4O2. The number of aromatic nitrogens is 4. The van der Waals surface area contributed by atoms with Gasteiger partial charge in [0, 0.05) is 18.6 Å². The highest BCUT2D eigenvalue weighted by atomic mass is 16.7. The van der Waals surface area contributed by atoms with Crippen molar-refractivity contribution in [2.24, 2.45) is 0 Å². The summed E-state index contributed by atoms with van der Waals surface area (Å²) in [6.45, 7) is 8.03. The maximum Gasteiger partial charge on any atom is 0.516 e. The van der Waals surface area contributed by atoms with Crippen molar-refractivity contribution in [2.75, 3.05) is 0 Å². The summed E-state index contributed by atoms with van der Waals surface area (Å²) in [7, 11) is -0.501. The van der Waals surface area contributed by atoms with Crippen molar-refractivity contribution < 1.29 is 9.31 Å². The molecule has 7 heteroatoms. The van der Waals surface area contributed by atoms with Crippen LogP contribution in [0.15, 0.2) is 31.0 Å². The van der Waals surface area contributed by atoms with Crippen LogP contribution < -0.4 is 5.59 Å². The van der Waals surface area contributed by atoms with Gasteiger partial charge in [-0.3, -0.25) is 19.9 Å². The zero-order chi connectivity index (χ0) is 15.1. The Hall–Kier alpha value is -1.86. The van der Waals surface area contributed by atoms with E-state index in [2.05, 4.69) is 19.9 Å². The van der Waals surface area contributed by atoms with Crippen LogP contribution in [0.4, 0.5) is 0 Å². The van der Waals surface area contributed by atoms with Crippen molar-refractivity contribution in [2.45, 2.75) is 38.9 Å². The molecule has 1 fully saturated rings. The van der Waals surface area contributed by atoms with Crippen molar-refractivity contribution in [3.8, 4) is 11.4 Å². The van der Waals surface area contributed by atoms with E-state index in [1.807, 2.05) is 27.7 Å². The molecule has 1 saturated heterocycles. The van der Waals surface area contributed by atoms with Crippen molar-refractivity contribution in [3.05, 3.63) is 31.0 Å². The first-order valence-corrected chi connectivity index (χ1v) is 6.83. The van der Waals surface area contributed by atoms with Crippen LogP contribution in [0.3, 0.4) is 0 Å². The van der Waals surface area contributed by atoms with Gasteiger partial charge in [0.05, 0.1) is 29.2 Å². The summed E-state index contributed by atoms with van der Waals surface area (Å²) in [6, 6.07) is 0. The number of hydrogen-bond donors (Lipinski definition) is 0. The fourth-order valence-corrected chi connectivity index (χ4v) is 1.99. The third kappa shape index (κ3) is 2.54.